The van der Waals surface area contributed by atoms with Crippen molar-refractivity contribution in [3.8, 4) is 0 Å². The summed E-state index contributed by atoms with van der Waals surface area (Å²) in [5.41, 5.74) is 0. The maximum absolute atomic E-state index is 12.6. The summed E-state index contributed by atoms with van der Waals surface area (Å²) in [4.78, 5) is 34.9. The highest BCUT2D eigenvalue weighted by Gasteiger charge is 2.27. The predicted molar refractivity (Wildman–Crippen MR) is 225 cm³/mol. The van der Waals surface area contributed by atoms with Gasteiger partial charge in [-0.15, -0.1) is 0 Å². The van der Waals surface area contributed by atoms with Crippen LogP contribution in [0, 0.1) is 0 Å². The van der Waals surface area contributed by atoms with Crippen LogP contribution in [-0.4, -0.2) is 77.4 Å². The van der Waals surface area contributed by atoms with Crippen LogP contribution in [0.3, 0.4) is 0 Å². The summed E-state index contributed by atoms with van der Waals surface area (Å²) in [7, 11) is -4.65. The van der Waals surface area contributed by atoms with Gasteiger partial charge in [0.2, 0.25) is 0 Å². The van der Waals surface area contributed by atoms with Crippen molar-refractivity contribution in [2.45, 2.75) is 148 Å². The Bertz CT molecular complexity index is 1210. The van der Waals surface area contributed by atoms with Crippen molar-refractivity contribution >= 4 is 19.8 Å². The normalized spacial score (nSPS) is 14.7. The molecule has 0 aromatic rings. The molecule has 56 heavy (non-hydrogen) atoms. The summed E-state index contributed by atoms with van der Waals surface area (Å²) in [6, 6.07) is 0. The molecular formula is C44H73O11P. The molecule has 0 fully saturated rings. The number of rotatable bonds is 38. The highest BCUT2D eigenvalue weighted by molar-refractivity contribution is 7.47. The van der Waals surface area contributed by atoms with Gasteiger partial charge in [0.05, 0.1) is 19.8 Å². The second kappa shape index (κ2) is 40.3. The molecule has 0 aromatic heterocycles. The monoisotopic (exact) mass is 808 g/mol. The fourth-order valence-corrected chi connectivity index (χ4v) is 5.71. The molecule has 0 aliphatic heterocycles. The van der Waals surface area contributed by atoms with E-state index in [1.54, 1.807) is 0 Å². The molecule has 1 unspecified atom stereocenters. The van der Waals surface area contributed by atoms with Crippen molar-refractivity contribution in [3.63, 3.8) is 0 Å². The first-order valence-electron chi connectivity index (χ1n) is 20.7. The molecule has 0 amide bonds. The van der Waals surface area contributed by atoms with Crippen molar-refractivity contribution in [1.82, 2.24) is 0 Å². The molecule has 0 heterocycles. The van der Waals surface area contributed by atoms with E-state index in [0.717, 1.165) is 96.3 Å². The highest BCUT2D eigenvalue weighted by atomic mass is 31.2. The number of aliphatic hydroxyl groups excluding tert-OH is 3. The van der Waals surface area contributed by atoms with Crippen molar-refractivity contribution in [3.05, 3.63) is 85.1 Å². The number of esters is 2. The van der Waals surface area contributed by atoms with Gasteiger partial charge in [-0.1, -0.05) is 118 Å². The Kier molecular flexibility index (Phi) is 38.2. The molecule has 3 atom stereocenters. The van der Waals surface area contributed by atoms with Crippen molar-refractivity contribution in [2.24, 2.45) is 0 Å². The fraction of sp³-hybridized carbons (Fsp3) is 0.636. The van der Waals surface area contributed by atoms with E-state index in [4.69, 9.17) is 24.2 Å². The van der Waals surface area contributed by atoms with Crippen LogP contribution in [0.2, 0.25) is 0 Å². The average Bonchev–Trinajstić information content (AvgIpc) is 3.19. The molecule has 0 rings (SSSR count). The maximum Gasteiger partial charge on any atom is 0.472 e. The molecule has 320 valence electrons. The van der Waals surface area contributed by atoms with Gasteiger partial charge in [0.15, 0.2) is 6.10 Å². The lowest BCUT2D eigenvalue weighted by Gasteiger charge is -2.20. The van der Waals surface area contributed by atoms with Gasteiger partial charge in [-0.05, 0) is 89.9 Å². The minimum atomic E-state index is -4.65. The first-order chi connectivity index (χ1) is 27.2. The lowest BCUT2D eigenvalue weighted by molar-refractivity contribution is -0.161. The van der Waals surface area contributed by atoms with Crippen molar-refractivity contribution in [2.75, 3.05) is 33.0 Å². The van der Waals surface area contributed by atoms with E-state index in [1.807, 2.05) is 12.2 Å². The Morgan fingerprint density at radius 2 is 1.00 bits per heavy atom. The quantitative estimate of drug-likeness (QED) is 0.0203. The second-order valence-electron chi connectivity index (χ2n) is 13.3. The molecule has 0 bridgehead atoms. The predicted octanol–water partition coefficient (Wildman–Crippen LogP) is 9.64. The number of hydrogen-bond donors (Lipinski definition) is 4. The summed E-state index contributed by atoms with van der Waals surface area (Å²) in [5, 5.41) is 27.1. The van der Waals surface area contributed by atoms with Gasteiger partial charge in [0, 0.05) is 19.4 Å². The Balaban J connectivity index is 4.46. The molecule has 0 saturated carbocycles. The van der Waals surface area contributed by atoms with Crippen LogP contribution in [0.5, 0.6) is 0 Å². The number of allylic oxidation sites excluding steroid dienone is 14. The largest absolute Gasteiger partial charge is 0.472 e. The van der Waals surface area contributed by atoms with Crippen LogP contribution in [0.4, 0.5) is 0 Å². The van der Waals surface area contributed by atoms with Gasteiger partial charge in [0.1, 0.15) is 12.7 Å². The number of hydrogen-bond acceptors (Lipinski definition) is 10. The topological polar surface area (TPSA) is 169 Å². The molecule has 4 N–H and O–H groups in total. The lowest BCUT2D eigenvalue weighted by Crippen LogP contribution is -2.29. The van der Waals surface area contributed by atoms with Gasteiger partial charge in [0.25, 0.3) is 0 Å². The molecule has 11 nitrogen and oxygen atoms in total. The molecule has 0 aliphatic rings. The van der Waals surface area contributed by atoms with E-state index in [2.05, 4.69) is 84.4 Å². The Morgan fingerprint density at radius 3 is 1.54 bits per heavy atom. The van der Waals surface area contributed by atoms with Gasteiger partial charge in [-0.25, -0.2) is 4.57 Å². The van der Waals surface area contributed by atoms with E-state index in [0.29, 0.717) is 19.3 Å². The Hall–Kier alpha value is -2.89. The molecule has 0 radical (unpaired) electrons. The van der Waals surface area contributed by atoms with Crippen LogP contribution < -0.4 is 0 Å². The molecule has 0 aromatic carbocycles. The average molecular weight is 809 g/mol. The van der Waals surface area contributed by atoms with Gasteiger partial charge < -0.3 is 29.7 Å². The fourth-order valence-electron chi connectivity index (χ4n) is 4.92. The zero-order chi connectivity index (χ0) is 41.2. The van der Waals surface area contributed by atoms with Crippen LogP contribution in [-0.2, 0) is 32.7 Å². The minimum absolute atomic E-state index is 0.0896. The summed E-state index contributed by atoms with van der Waals surface area (Å²) in [6.07, 6.45) is 44.3. The van der Waals surface area contributed by atoms with Crippen molar-refractivity contribution in [1.29, 1.82) is 0 Å². The standard InChI is InChI=1S/C44H73O11P/c1-2-3-4-5-6-7-8-9-13-16-19-22-25-28-31-34-43(48)52-39-42(40-54-56(50,51)53-38-41(47)37-46)55-44(49)35-32-29-26-23-20-17-14-11-10-12-15-18-21-24-27-30-33-36-45/h3-4,6-7,9-10,12-14,17-18,21,23,26,41-42,45-47H,2,5,8,11,15-16,19-20,22,24-25,27-40H2,1H3,(H,50,51)/b4-3-,7-6-,12-10-,13-9-,17-14-,21-18-,26-23-/t41-,42+/m0/s1. The number of ether oxygens (including phenoxy) is 2. The highest BCUT2D eigenvalue weighted by Crippen LogP contribution is 2.43. The number of carbonyl (C=O) groups excluding carboxylic acids is 2. The number of unbranched alkanes of at least 4 members (excludes halogenated alkanes) is 9. The number of aliphatic hydroxyl groups is 3. The Morgan fingerprint density at radius 1 is 0.554 bits per heavy atom. The number of carbonyl (C=O) groups is 2. The second-order valence-corrected chi connectivity index (χ2v) is 14.8. The summed E-state index contributed by atoms with van der Waals surface area (Å²) in [5.74, 6) is -1.03. The zero-order valence-corrected chi connectivity index (χ0v) is 34.9. The molecule has 12 heteroatoms. The van der Waals surface area contributed by atoms with Gasteiger partial charge in [-0.3, -0.25) is 18.6 Å². The minimum Gasteiger partial charge on any atom is -0.462 e. The number of phosphoric ester groups is 1. The third-order valence-electron chi connectivity index (χ3n) is 8.09. The zero-order valence-electron chi connectivity index (χ0n) is 34.0. The third kappa shape index (κ3) is 39.3. The molecule has 0 spiro atoms. The van der Waals surface area contributed by atoms with E-state index in [1.165, 1.54) is 0 Å². The molecule has 0 saturated heterocycles. The molecule has 0 aliphatic carbocycles. The SMILES string of the molecule is CC/C=C\C/C=C\C/C=C\CCCCCCCC(=O)OC[C@H](COP(=O)(O)OC[C@@H](O)CO)OC(=O)CCC/C=C\C/C=C\C/C=C\C/C=C\CCCCCO. The maximum atomic E-state index is 12.6. The summed E-state index contributed by atoms with van der Waals surface area (Å²) < 4.78 is 32.6. The van der Waals surface area contributed by atoms with Gasteiger partial charge in [-0.2, -0.15) is 0 Å². The summed E-state index contributed by atoms with van der Waals surface area (Å²) in [6.45, 7) is 0.157. The van der Waals surface area contributed by atoms with Crippen LogP contribution in [0.15, 0.2) is 85.1 Å². The van der Waals surface area contributed by atoms with Gasteiger partial charge >= 0.3 is 19.8 Å². The van der Waals surface area contributed by atoms with E-state index >= 15 is 0 Å². The third-order valence-corrected chi connectivity index (χ3v) is 9.04. The van der Waals surface area contributed by atoms with Crippen molar-refractivity contribution < 1.29 is 52.9 Å². The first kappa shape index (κ1) is 53.1. The smallest absolute Gasteiger partial charge is 0.462 e. The van der Waals surface area contributed by atoms with E-state index < -0.39 is 51.8 Å². The van der Waals surface area contributed by atoms with Crippen LogP contribution in [0.1, 0.15) is 135 Å². The van der Waals surface area contributed by atoms with E-state index in [-0.39, 0.29) is 26.1 Å². The Labute approximate surface area is 337 Å². The molecular weight excluding hydrogens is 735 g/mol. The lowest BCUT2D eigenvalue weighted by atomic mass is 10.1. The number of phosphoric acid groups is 1. The van der Waals surface area contributed by atoms with Crippen LogP contribution in [0.25, 0.3) is 0 Å². The van der Waals surface area contributed by atoms with E-state index in [9.17, 15) is 24.2 Å². The summed E-state index contributed by atoms with van der Waals surface area (Å²) >= 11 is 0. The first-order valence-corrected chi connectivity index (χ1v) is 22.1. The van der Waals surface area contributed by atoms with Crippen LogP contribution >= 0.6 is 7.82 Å².